The number of aliphatic carboxylic acids is 1. The van der Waals surface area contributed by atoms with Crippen molar-refractivity contribution in [1.82, 2.24) is 0 Å². The topological polar surface area (TPSA) is 212 Å². The van der Waals surface area contributed by atoms with Crippen molar-refractivity contribution in [3.8, 4) is 0 Å². The Morgan fingerprint density at radius 1 is 0.600 bits per heavy atom. The van der Waals surface area contributed by atoms with Crippen LogP contribution in [0.1, 0.15) is 142 Å². The molecule has 0 bridgehead atoms. The Morgan fingerprint density at radius 2 is 1.10 bits per heavy atom. The molecule has 0 aromatic carbocycles. The van der Waals surface area contributed by atoms with Crippen LogP contribution in [-0.4, -0.2) is 82.3 Å². The second-order valence-electron chi connectivity index (χ2n) is 14.4. The number of esters is 2. The first-order valence-electron chi connectivity index (χ1n) is 21.8. The highest BCUT2D eigenvalue weighted by molar-refractivity contribution is 7.47. The predicted molar refractivity (Wildman–Crippen MR) is 238 cm³/mol. The van der Waals surface area contributed by atoms with Crippen molar-refractivity contribution in [2.45, 2.75) is 167 Å². The molecule has 13 nitrogen and oxygen atoms in total. The first-order chi connectivity index (χ1) is 28.9. The van der Waals surface area contributed by atoms with Gasteiger partial charge in [0.15, 0.2) is 6.10 Å². The lowest BCUT2D eigenvalue weighted by Crippen LogP contribution is -2.34. The first-order valence-corrected chi connectivity index (χ1v) is 23.3. The molecule has 1 unspecified atom stereocenters. The molecule has 0 rings (SSSR count). The van der Waals surface area contributed by atoms with Crippen molar-refractivity contribution in [1.29, 1.82) is 0 Å². The Morgan fingerprint density at radius 3 is 1.68 bits per heavy atom. The molecule has 0 aliphatic rings. The number of unbranched alkanes of at least 4 members (excludes halogenated alkanes) is 7. The molecule has 0 aromatic heterocycles. The number of aliphatic hydroxyl groups excluding tert-OH is 2. The van der Waals surface area contributed by atoms with Gasteiger partial charge < -0.3 is 35.4 Å². The highest BCUT2D eigenvalue weighted by atomic mass is 31.2. The summed E-state index contributed by atoms with van der Waals surface area (Å²) in [5, 5.41) is 29.6. The van der Waals surface area contributed by atoms with Gasteiger partial charge >= 0.3 is 25.7 Å². The maximum absolute atomic E-state index is 12.7. The molecule has 5 atom stereocenters. The summed E-state index contributed by atoms with van der Waals surface area (Å²) < 4.78 is 32.4. The molecule has 0 aromatic rings. The van der Waals surface area contributed by atoms with E-state index in [2.05, 4.69) is 73.1 Å². The molecule has 0 amide bonds. The maximum atomic E-state index is 12.7. The van der Waals surface area contributed by atoms with Crippen molar-refractivity contribution in [2.24, 2.45) is 5.73 Å². The number of ether oxygens (including phenoxy) is 2. The summed E-state index contributed by atoms with van der Waals surface area (Å²) in [5.41, 5.74) is 5.31. The van der Waals surface area contributed by atoms with Crippen molar-refractivity contribution >= 4 is 25.7 Å². The quantitative estimate of drug-likeness (QED) is 0.0169. The standard InChI is InChI=1S/C46H76NO12P/c1-3-5-7-9-11-13-15-17-18-19-20-21-23-25-27-29-31-35-44(50)56-37-40(38-57-60(54,55)58-39-41(47)46(52)53)59-45(51)36-32-34-43(49)42(48)33-30-28-26-24-22-16-14-12-10-8-6-4-2/h6,8,12,14,17-18,20-22,24-25,27-28,30,40-43,48-49H,3-5,7,9-11,13,15-16,19,23,26,29,31-39,47H2,1-2H3,(H,52,53)(H,54,55)/b8-6-,14-12-,18-17-,21-20-,24-22-,27-25-,30-28-/t40-,41+,42-,43-/m1/s1. The van der Waals surface area contributed by atoms with E-state index in [0.717, 1.165) is 38.5 Å². The van der Waals surface area contributed by atoms with E-state index in [9.17, 15) is 34.1 Å². The van der Waals surface area contributed by atoms with Crippen LogP contribution in [0.4, 0.5) is 0 Å². The normalized spacial score (nSPS) is 15.6. The molecule has 0 fully saturated rings. The van der Waals surface area contributed by atoms with Gasteiger partial charge in [0, 0.05) is 12.8 Å². The molecule has 0 radical (unpaired) electrons. The summed E-state index contributed by atoms with van der Waals surface area (Å²) in [7, 11) is -4.82. The summed E-state index contributed by atoms with van der Waals surface area (Å²) in [5.74, 6) is -2.78. The Labute approximate surface area is 359 Å². The molecular formula is C46H76NO12P. The average Bonchev–Trinajstić information content (AvgIpc) is 3.22. The highest BCUT2D eigenvalue weighted by Crippen LogP contribution is 2.43. The number of carbonyl (C=O) groups is 3. The number of carboxylic acid groups (broad SMARTS) is 1. The smallest absolute Gasteiger partial charge is 0.472 e. The third-order valence-corrected chi connectivity index (χ3v) is 9.78. The number of hydrogen-bond donors (Lipinski definition) is 5. The average molecular weight is 866 g/mol. The zero-order valence-electron chi connectivity index (χ0n) is 36.2. The van der Waals surface area contributed by atoms with Crippen LogP contribution in [0.25, 0.3) is 0 Å². The van der Waals surface area contributed by atoms with Crippen LogP contribution in [0, 0.1) is 0 Å². The Balaban J connectivity index is 4.71. The summed E-state index contributed by atoms with van der Waals surface area (Å²) in [6, 6.07) is -1.58. The molecule has 6 N–H and O–H groups in total. The minimum Gasteiger partial charge on any atom is -0.480 e. The van der Waals surface area contributed by atoms with Gasteiger partial charge in [-0.05, 0) is 83.5 Å². The molecule has 14 heteroatoms. The van der Waals surface area contributed by atoms with E-state index < -0.39 is 69.9 Å². The Hall–Kier alpha value is -3.42. The minimum atomic E-state index is -4.82. The van der Waals surface area contributed by atoms with E-state index in [1.807, 2.05) is 24.3 Å². The van der Waals surface area contributed by atoms with Crippen LogP contribution in [-0.2, 0) is 37.5 Å². The molecule has 60 heavy (non-hydrogen) atoms. The second kappa shape index (κ2) is 39.7. The summed E-state index contributed by atoms with van der Waals surface area (Å²) in [6.07, 6.45) is 41.2. The van der Waals surface area contributed by atoms with Gasteiger partial charge in [-0.3, -0.25) is 23.4 Å². The van der Waals surface area contributed by atoms with E-state index in [4.69, 9.17) is 24.8 Å². The van der Waals surface area contributed by atoms with Gasteiger partial charge in [-0.25, -0.2) is 4.57 Å². The number of carboxylic acids is 1. The van der Waals surface area contributed by atoms with Gasteiger partial charge in [-0.2, -0.15) is 0 Å². The van der Waals surface area contributed by atoms with Crippen LogP contribution in [0.2, 0.25) is 0 Å². The van der Waals surface area contributed by atoms with Crippen molar-refractivity contribution in [2.75, 3.05) is 19.8 Å². The van der Waals surface area contributed by atoms with Gasteiger partial charge in [-0.1, -0.05) is 131 Å². The molecule has 0 aliphatic carbocycles. The zero-order chi connectivity index (χ0) is 44.5. The zero-order valence-corrected chi connectivity index (χ0v) is 37.1. The maximum Gasteiger partial charge on any atom is 0.472 e. The highest BCUT2D eigenvalue weighted by Gasteiger charge is 2.28. The lowest BCUT2D eigenvalue weighted by Gasteiger charge is -2.20. The number of carbonyl (C=O) groups excluding carboxylic acids is 2. The van der Waals surface area contributed by atoms with Crippen molar-refractivity contribution in [3.63, 3.8) is 0 Å². The fourth-order valence-electron chi connectivity index (χ4n) is 5.28. The number of hydrogen-bond acceptors (Lipinski definition) is 11. The van der Waals surface area contributed by atoms with E-state index in [1.165, 1.54) is 38.5 Å². The third kappa shape index (κ3) is 37.6. The monoisotopic (exact) mass is 866 g/mol. The molecule has 0 spiro atoms. The fourth-order valence-corrected chi connectivity index (χ4v) is 6.06. The third-order valence-electron chi connectivity index (χ3n) is 8.83. The first kappa shape index (κ1) is 56.6. The largest absolute Gasteiger partial charge is 0.480 e. The molecule has 0 heterocycles. The van der Waals surface area contributed by atoms with Crippen LogP contribution < -0.4 is 5.73 Å². The number of phosphoric acid groups is 1. The van der Waals surface area contributed by atoms with Gasteiger partial charge in [0.1, 0.15) is 12.6 Å². The summed E-state index contributed by atoms with van der Waals surface area (Å²) >= 11 is 0. The van der Waals surface area contributed by atoms with E-state index in [0.29, 0.717) is 19.3 Å². The number of nitrogens with two attached hydrogens (primary N) is 1. The van der Waals surface area contributed by atoms with E-state index in [-0.39, 0.29) is 32.1 Å². The second-order valence-corrected chi connectivity index (χ2v) is 15.9. The number of rotatable bonds is 39. The van der Waals surface area contributed by atoms with Gasteiger partial charge in [0.25, 0.3) is 0 Å². The molecular weight excluding hydrogens is 789 g/mol. The number of allylic oxidation sites excluding steroid dienone is 13. The predicted octanol–water partition coefficient (Wildman–Crippen LogP) is 9.44. The molecule has 0 aliphatic heterocycles. The molecule has 0 saturated heterocycles. The Bertz CT molecular complexity index is 1370. The Kier molecular flexibility index (Phi) is 37.4. The van der Waals surface area contributed by atoms with Crippen LogP contribution in [0.3, 0.4) is 0 Å². The number of aliphatic hydroxyl groups is 2. The summed E-state index contributed by atoms with van der Waals surface area (Å²) in [6.45, 7) is 2.31. The van der Waals surface area contributed by atoms with Crippen molar-refractivity contribution < 1.29 is 57.7 Å². The fraction of sp³-hybridized carbons (Fsp3) is 0.630. The van der Waals surface area contributed by atoms with Gasteiger partial charge in [-0.15, -0.1) is 0 Å². The van der Waals surface area contributed by atoms with E-state index in [1.54, 1.807) is 6.08 Å². The SMILES string of the molecule is CC/C=C\C/C=C\C/C=C\C/C=C\C[C@@H](O)[C@H](O)CCCC(=O)O[C@H](COC(=O)CCC/C=C\C/C=C\C/C=C\CCCCCCCC)COP(=O)(O)OC[C@H](N)C(=O)O. The summed E-state index contributed by atoms with van der Waals surface area (Å²) in [4.78, 5) is 46.0. The van der Waals surface area contributed by atoms with Crippen LogP contribution >= 0.6 is 7.82 Å². The van der Waals surface area contributed by atoms with Crippen LogP contribution in [0.15, 0.2) is 85.1 Å². The number of phosphoric ester groups is 1. The lowest BCUT2D eigenvalue weighted by atomic mass is 10.0. The van der Waals surface area contributed by atoms with Crippen LogP contribution in [0.5, 0.6) is 0 Å². The van der Waals surface area contributed by atoms with Crippen molar-refractivity contribution in [3.05, 3.63) is 85.1 Å². The van der Waals surface area contributed by atoms with Gasteiger partial charge in [0.2, 0.25) is 0 Å². The minimum absolute atomic E-state index is 0.0842. The molecule has 0 saturated carbocycles. The lowest BCUT2D eigenvalue weighted by molar-refractivity contribution is -0.161. The van der Waals surface area contributed by atoms with E-state index >= 15 is 0 Å². The van der Waals surface area contributed by atoms with Gasteiger partial charge in [0.05, 0.1) is 25.4 Å². The molecule has 342 valence electrons.